The van der Waals surface area contributed by atoms with Gasteiger partial charge in [0.15, 0.2) is 0 Å². The summed E-state index contributed by atoms with van der Waals surface area (Å²) >= 11 is 1.40. The van der Waals surface area contributed by atoms with Crippen LogP contribution in [0.15, 0.2) is 5.51 Å². The number of carbonyl (C=O) groups is 1. The van der Waals surface area contributed by atoms with Gasteiger partial charge in [0.25, 0.3) is 0 Å². The van der Waals surface area contributed by atoms with Crippen molar-refractivity contribution in [3.05, 3.63) is 16.1 Å². The third kappa shape index (κ3) is 4.88. The highest BCUT2D eigenvalue weighted by Crippen LogP contribution is 2.13. The predicted molar refractivity (Wildman–Crippen MR) is 73.7 cm³/mol. The molecule has 0 amide bonds. The van der Waals surface area contributed by atoms with Gasteiger partial charge in [-0.3, -0.25) is 4.79 Å². The molecule has 6 nitrogen and oxygen atoms in total. The fourth-order valence-corrected chi connectivity index (χ4v) is 3.78. The van der Waals surface area contributed by atoms with E-state index in [0.29, 0.717) is 6.42 Å². The number of carboxylic acid groups (broad SMARTS) is 1. The fraction of sp³-hybridized carbons (Fsp3) is 0.636. The Morgan fingerprint density at radius 2 is 2.16 bits per heavy atom. The van der Waals surface area contributed by atoms with Gasteiger partial charge in [-0.2, -0.15) is 0 Å². The molecule has 1 heterocycles. The van der Waals surface area contributed by atoms with Crippen LogP contribution in [0.4, 0.5) is 0 Å². The number of thiazole rings is 1. The summed E-state index contributed by atoms with van der Waals surface area (Å²) in [5.74, 6) is -1.60. The van der Waals surface area contributed by atoms with Crippen LogP contribution >= 0.6 is 11.3 Å². The predicted octanol–water partition coefficient (Wildman–Crippen LogP) is 1.02. The van der Waals surface area contributed by atoms with Gasteiger partial charge in [0.2, 0.25) is 10.0 Å². The Morgan fingerprint density at radius 3 is 2.58 bits per heavy atom. The van der Waals surface area contributed by atoms with E-state index in [1.165, 1.54) is 11.3 Å². The molecule has 0 fully saturated rings. The van der Waals surface area contributed by atoms with Crippen molar-refractivity contribution in [2.24, 2.45) is 5.92 Å². The Morgan fingerprint density at radius 1 is 1.53 bits per heavy atom. The van der Waals surface area contributed by atoms with Gasteiger partial charge in [0, 0.05) is 4.88 Å². The first-order valence-electron chi connectivity index (χ1n) is 5.84. The zero-order valence-electron chi connectivity index (χ0n) is 11.1. The van der Waals surface area contributed by atoms with Gasteiger partial charge in [-0.15, -0.1) is 11.3 Å². The van der Waals surface area contributed by atoms with Crippen LogP contribution in [0.2, 0.25) is 0 Å². The standard InChI is InChI=1S/C11H18N2O4S2/c1-7(2)10(11(14)15)13-19(16,17)5-4-9-8(3)12-6-18-9/h6-7,10,13H,4-5H2,1-3H3,(H,14,15). The first kappa shape index (κ1) is 16.1. The second kappa shape index (κ2) is 6.44. The maximum Gasteiger partial charge on any atom is 0.321 e. The molecule has 0 aromatic carbocycles. The Bertz CT molecular complexity index is 537. The quantitative estimate of drug-likeness (QED) is 0.784. The average molecular weight is 306 g/mol. The second-order valence-corrected chi connectivity index (χ2v) is 7.42. The SMILES string of the molecule is Cc1ncsc1CCS(=O)(=O)NC(C(=O)O)C(C)C. The molecule has 1 rings (SSSR count). The Labute approximate surface area is 116 Å². The first-order chi connectivity index (χ1) is 8.73. The van der Waals surface area contributed by atoms with Crippen molar-refractivity contribution >= 4 is 27.3 Å². The van der Waals surface area contributed by atoms with Crippen LogP contribution in [0, 0.1) is 12.8 Å². The molecule has 0 saturated carbocycles. The lowest BCUT2D eigenvalue weighted by Gasteiger charge is -2.17. The van der Waals surface area contributed by atoms with E-state index in [9.17, 15) is 13.2 Å². The van der Waals surface area contributed by atoms with Gasteiger partial charge < -0.3 is 5.11 Å². The van der Waals surface area contributed by atoms with E-state index in [1.807, 2.05) is 6.92 Å². The van der Waals surface area contributed by atoms with Crippen LogP contribution in [0.25, 0.3) is 0 Å². The zero-order valence-corrected chi connectivity index (χ0v) is 12.7. The lowest BCUT2D eigenvalue weighted by molar-refractivity contribution is -0.140. The minimum absolute atomic E-state index is 0.132. The van der Waals surface area contributed by atoms with Crippen LogP contribution in [-0.4, -0.2) is 36.3 Å². The molecular formula is C11H18N2O4S2. The van der Waals surface area contributed by atoms with Gasteiger partial charge in [-0.25, -0.2) is 18.1 Å². The summed E-state index contributed by atoms with van der Waals surface area (Å²) in [7, 11) is -3.62. The minimum Gasteiger partial charge on any atom is -0.480 e. The first-order valence-corrected chi connectivity index (χ1v) is 8.38. The van der Waals surface area contributed by atoms with E-state index in [1.54, 1.807) is 19.4 Å². The molecule has 1 aromatic heterocycles. The Kier molecular flexibility index (Phi) is 5.45. The van der Waals surface area contributed by atoms with Crippen molar-refractivity contribution in [3.8, 4) is 0 Å². The van der Waals surface area contributed by atoms with Gasteiger partial charge in [-0.05, 0) is 19.3 Å². The molecular weight excluding hydrogens is 288 g/mol. The average Bonchev–Trinajstić information content (AvgIpc) is 2.69. The van der Waals surface area contributed by atoms with Gasteiger partial charge in [0.1, 0.15) is 6.04 Å². The number of aromatic nitrogens is 1. The van der Waals surface area contributed by atoms with Crippen LogP contribution in [-0.2, 0) is 21.2 Å². The number of aliphatic carboxylic acids is 1. The molecule has 2 N–H and O–H groups in total. The summed E-state index contributed by atoms with van der Waals surface area (Å²) < 4.78 is 26.0. The van der Waals surface area contributed by atoms with E-state index in [0.717, 1.165) is 10.6 Å². The van der Waals surface area contributed by atoms with E-state index < -0.39 is 22.0 Å². The number of hydrogen-bond acceptors (Lipinski definition) is 5. The molecule has 1 unspecified atom stereocenters. The monoisotopic (exact) mass is 306 g/mol. The molecule has 1 aromatic rings. The molecule has 0 radical (unpaired) electrons. The van der Waals surface area contributed by atoms with Crippen molar-refractivity contribution in [3.63, 3.8) is 0 Å². The number of sulfonamides is 1. The fourth-order valence-electron chi connectivity index (χ4n) is 1.52. The third-order valence-electron chi connectivity index (χ3n) is 2.68. The lowest BCUT2D eigenvalue weighted by Crippen LogP contribution is -2.45. The molecule has 0 saturated heterocycles. The maximum absolute atomic E-state index is 11.9. The molecule has 19 heavy (non-hydrogen) atoms. The summed E-state index contributed by atoms with van der Waals surface area (Å²) in [6.07, 6.45) is 0.344. The highest BCUT2D eigenvalue weighted by molar-refractivity contribution is 7.89. The summed E-state index contributed by atoms with van der Waals surface area (Å²) in [6, 6.07) is -1.09. The molecule has 0 aliphatic carbocycles. The Hall–Kier alpha value is -0.990. The van der Waals surface area contributed by atoms with Crippen LogP contribution in [0.1, 0.15) is 24.4 Å². The van der Waals surface area contributed by atoms with E-state index >= 15 is 0 Å². The summed E-state index contributed by atoms with van der Waals surface area (Å²) in [4.78, 5) is 15.9. The normalized spacial score (nSPS) is 13.7. The summed E-state index contributed by atoms with van der Waals surface area (Å²) in [5, 5.41) is 8.97. The minimum atomic E-state index is -3.62. The number of carboxylic acids is 1. The van der Waals surface area contributed by atoms with Crippen LogP contribution < -0.4 is 4.72 Å². The van der Waals surface area contributed by atoms with Crippen molar-refractivity contribution in [2.45, 2.75) is 33.2 Å². The molecule has 0 aliphatic rings. The molecule has 108 valence electrons. The van der Waals surface area contributed by atoms with E-state index in [2.05, 4.69) is 9.71 Å². The molecule has 0 aliphatic heterocycles. The molecule has 1 atom stereocenters. The maximum atomic E-state index is 11.9. The van der Waals surface area contributed by atoms with Gasteiger partial charge >= 0.3 is 5.97 Å². The van der Waals surface area contributed by atoms with E-state index in [-0.39, 0.29) is 11.7 Å². The largest absolute Gasteiger partial charge is 0.480 e. The van der Waals surface area contributed by atoms with Crippen molar-refractivity contribution < 1.29 is 18.3 Å². The number of hydrogen-bond donors (Lipinski definition) is 2. The molecule has 8 heteroatoms. The van der Waals surface area contributed by atoms with Gasteiger partial charge in [0.05, 0.1) is 17.0 Å². The van der Waals surface area contributed by atoms with Crippen LogP contribution in [0.3, 0.4) is 0 Å². The number of nitrogens with one attached hydrogen (secondary N) is 1. The lowest BCUT2D eigenvalue weighted by atomic mass is 10.1. The topological polar surface area (TPSA) is 96.4 Å². The highest BCUT2D eigenvalue weighted by Gasteiger charge is 2.26. The highest BCUT2D eigenvalue weighted by atomic mass is 32.2. The zero-order chi connectivity index (χ0) is 14.6. The summed E-state index contributed by atoms with van der Waals surface area (Å²) in [6.45, 7) is 5.14. The molecule has 0 spiro atoms. The third-order valence-corrected chi connectivity index (χ3v) is 5.03. The van der Waals surface area contributed by atoms with Crippen molar-refractivity contribution in [1.29, 1.82) is 0 Å². The smallest absolute Gasteiger partial charge is 0.321 e. The van der Waals surface area contributed by atoms with Gasteiger partial charge in [-0.1, -0.05) is 13.8 Å². The van der Waals surface area contributed by atoms with E-state index in [4.69, 9.17) is 5.11 Å². The molecule has 0 bridgehead atoms. The second-order valence-electron chi connectivity index (χ2n) is 4.61. The summed E-state index contributed by atoms with van der Waals surface area (Å²) in [5.41, 5.74) is 2.48. The Balaban J connectivity index is 2.66. The van der Waals surface area contributed by atoms with Crippen LogP contribution in [0.5, 0.6) is 0 Å². The van der Waals surface area contributed by atoms with Crippen molar-refractivity contribution in [2.75, 3.05) is 5.75 Å². The number of nitrogens with zero attached hydrogens (tertiary/aromatic N) is 1. The number of aryl methyl sites for hydroxylation is 2. The van der Waals surface area contributed by atoms with Crippen molar-refractivity contribution in [1.82, 2.24) is 9.71 Å². The number of rotatable bonds is 7.